The first-order valence-electron chi connectivity index (χ1n) is 7.88. The van der Waals surface area contributed by atoms with Crippen molar-refractivity contribution in [3.05, 3.63) is 48.4 Å². The van der Waals surface area contributed by atoms with Gasteiger partial charge in [0.1, 0.15) is 17.5 Å². The summed E-state index contributed by atoms with van der Waals surface area (Å²) in [7, 11) is 0. The molecule has 0 spiro atoms. The van der Waals surface area contributed by atoms with Gasteiger partial charge in [-0.25, -0.2) is 9.97 Å². The third kappa shape index (κ3) is 3.56. The van der Waals surface area contributed by atoms with E-state index in [1.165, 1.54) is 0 Å². The summed E-state index contributed by atoms with van der Waals surface area (Å²) in [6, 6.07) is 12.4. The van der Waals surface area contributed by atoms with Crippen molar-refractivity contribution in [2.24, 2.45) is 0 Å². The summed E-state index contributed by atoms with van der Waals surface area (Å²) < 4.78 is 0. The quantitative estimate of drug-likeness (QED) is 0.736. The summed E-state index contributed by atoms with van der Waals surface area (Å²) in [6.45, 7) is 6.18. The molecule has 2 heterocycles. The monoisotopic (exact) mass is 307 g/mol. The van der Waals surface area contributed by atoms with Crippen LogP contribution in [0.15, 0.2) is 42.6 Å². The lowest BCUT2D eigenvalue weighted by atomic mass is 10.2. The maximum Gasteiger partial charge on any atom is 0.136 e. The van der Waals surface area contributed by atoms with E-state index in [9.17, 15) is 0 Å². The molecule has 3 rings (SSSR count). The molecule has 118 valence electrons. The number of rotatable bonds is 5. The summed E-state index contributed by atoms with van der Waals surface area (Å²) in [5, 5.41) is 7.85. The normalized spacial score (nSPS) is 12.1. The molecule has 0 bridgehead atoms. The standard InChI is InChI=1S/C18H21N5/c1-4-12(2)20-16-11-17(22-13(3)21-16)23-15-9-5-7-14-8-6-10-19-18(14)15/h5-12H,4H2,1-3H3,(H2,20,21,22,23). The number of nitrogens with one attached hydrogen (secondary N) is 2. The molecule has 0 amide bonds. The molecule has 0 radical (unpaired) electrons. The molecule has 5 nitrogen and oxygen atoms in total. The Balaban J connectivity index is 1.92. The van der Waals surface area contributed by atoms with Gasteiger partial charge in [0.05, 0.1) is 11.2 Å². The molecule has 1 aromatic carbocycles. The van der Waals surface area contributed by atoms with E-state index < -0.39 is 0 Å². The number of fused-ring (bicyclic) bond motifs is 1. The maximum atomic E-state index is 4.48. The number of nitrogens with zero attached hydrogens (tertiary/aromatic N) is 3. The summed E-state index contributed by atoms with van der Waals surface area (Å²) in [5.74, 6) is 2.33. The topological polar surface area (TPSA) is 62.7 Å². The predicted molar refractivity (Wildman–Crippen MR) is 95.2 cm³/mol. The molecule has 1 unspecified atom stereocenters. The van der Waals surface area contributed by atoms with Crippen LogP contribution in [0.3, 0.4) is 0 Å². The van der Waals surface area contributed by atoms with Gasteiger partial charge in [0.2, 0.25) is 0 Å². The van der Waals surface area contributed by atoms with Crippen molar-refractivity contribution in [2.75, 3.05) is 10.6 Å². The molecule has 0 aliphatic carbocycles. The molecule has 0 aliphatic heterocycles. The third-order valence-electron chi connectivity index (χ3n) is 3.74. The van der Waals surface area contributed by atoms with Crippen molar-refractivity contribution in [3.63, 3.8) is 0 Å². The highest BCUT2D eigenvalue weighted by atomic mass is 15.1. The Bertz CT molecular complexity index is 810. The molecule has 2 aromatic heterocycles. The Morgan fingerprint density at radius 1 is 1.09 bits per heavy atom. The molecule has 3 aromatic rings. The van der Waals surface area contributed by atoms with E-state index in [2.05, 4.69) is 51.6 Å². The first kappa shape index (κ1) is 15.2. The Morgan fingerprint density at radius 3 is 2.70 bits per heavy atom. The van der Waals surface area contributed by atoms with Gasteiger partial charge in [-0.2, -0.15) is 0 Å². The zero-order valence-electron chi connectivity index (χ0n) is 13.7. The van der Waals surface area contributed by atoms with E-state index in [-0.39, 0.29) is 0 Å². The van der Waals surface area contributed by atoms with Gasteiger partial charge in [-0.1, -0.05) is 25.1 Å². The molecule has 23 heavy (non-hydrogen) atoms. The average molecular weight is 307 g/mol. The lowest BCUT2D eigenvalue weighted by Crippen LogP contribution is -2.15. The van der Waals surface area contributed by atoms with E-state index in [4.69, 9.17) is 0 Å². The van der Waals surface area contributed by atoms with Crippen LogP contribution in [0.1, 0.15) is 26.1 Å². The molecule has 0 fully saturated rings. The van der Waals surface area contributed by atoms with Gasteiger partial charge >= 0.3 is 0 Å². The van der Waals surface area contributed by atoms with Crippen molar-refractivity contribution in [3.8, 4) is 0 Å². The second-order valence-corrected chi connectivity index (χ2v) is 5.64. The van der Waals surface area contributed by atoms with Crippen molar-refractivity contribution < 1.29 is 0 Å². The van der Waals surface area contributed by atoms with Crippen LogP contribution in [0.25, 0.3) is 10.9 Å². The number of aryl methyl sites for hydroxylation is 1. The predicted octanol–water partition coefficient (Wildman–Crippen LogP) is 4.29. The van der Waals surface area contributed by atoms with Gasteiger partial charge in [0.25, 0.3) is 0 Å². The van der Waals surface area contributed by atoms with Crippen molar-refractivity contribution in [2.45, 2.75) is 33.2 Å². The number of hydrogen-bond donors (Lipinski definition) is 2. The molecular formula is C18H21N5. The minimum atomic E-state index is 0.372. The minimum Gasteiger partial charge on any atom is -0.367 e. The van der Waals surface area contributed by atoms with E-state index >= 15 is 0 Å². The number of anilines is 3. The third-order valence-corrected chi connectivity index (χ3v) is 3.74. The van der Waals surface area contributed by atoms with Gasteiger partial charge in [-0.05, 0) is 32.4 Å². The van der Waals surface area contributed by atoms with Crippen LogP contribution in [0.2, 0.25) is 0 Å². The fraction of sp³-hybridized carbons (Fsp3) is 0.278. The molecule has 0 saturated carbocycles. The highest BCUT2D eigenvalue weighted by molar-refractivity contribution is 5.91. The van der Waals surface area contributed by atoms with Gasteiger partial charge < -0.3 is 10.6 Å². The van der Waals surface area contributed by atoms with Crippen molar-refractivity contribution in [1.82, 2.24) is 15.0 Å². The molecule has 0 saturated heterocycles. The maximum absolute atomic E-state index is 4.48. The lowest BCUT2D eigenvalue weighted by Gasteiger charge is -2.14. The Labute approximate surface area is 136 Å². The number of para-hydroxylation sites is 1. The largest absolute Gasteiger partial charge is 0.367 e. The summed E-state index contributed by atoms with van der Waals surface area (Å²) in [6.07, 6.45) is 2.84. The zero-order chi connectivity index (χ0) is 16.2. The smallest absolute Gasteiger partial charge is 0.136 e. The van der Waals surface area contributed by atoms with Crippen LogP contribution in [0.4, 0.5) is 17.3 Å². The summed E-state index contributed by atoms with van der Waals surface area (Å²) >= 11 is 0. The highest BCUT2D eigenvalue weighted by Gasteiger charge is 2.07. The Kier molecular flexibility index (Phi) is 4.37. The van der Waals surface area contributed by atoms with Crippen LogP contribution in [0, 0.1) is 6.92 Å². The van der Waals surface area contributed by atoms with Gasteiger partial charge in [0.15, 0.2) is 0 Å². The minimum absolute atomic E-state index is 0.372. The first-order valence-corrected chi connectivity index (χ1v) is 7.88. The van der Waals surface area contributed by atoms with Crippen LogP contribution in [-0.2, 0) is 0 Å². The molecule has 5 heteroatoms. The molecule has 0 aliphatic rings. The zero-order valence-corrected chi connectivity index (χ0v) is 13.7. The second-order valence-electron chi connectivity index (χ2n) is 5.64. The second kappa shape index (κ2) is 6.60. The van der Waals surface area contributed by atoms with Crippen LogP contribution in [-0.4, -0.2) is 21.0 Å². The average Bonchev–Trinajstić information content (AvgIpc) is 2.54. The van der Waals surface area contributed by atoms with Gasteiger partial charge in [-0.15, -0.1) is 0 Å². The molecule has 1 atom stereocenters. The van der Waals surface area contributed by atoms with Crippen LogP contribution in [0.5, 0.6) is 0 Å². The fourth-order valence-corrected chi connectivity index (χ4v) is 2.40. The first-order chi connectivity index (χ1) is 11.2. The fourth-order valence-electron chi connectivity index (χ4n) is 2.40. The SMILES string of the molecule is CCC(C)Nc1cc(Nc2cccc3cccnc23)nc(C)n1. The molecule has 2 N–H and O–H groups in total. The lowest BCUT2D eigenvalue weighted by molar-refractivity contribution is 0.757. The van der Waals surface area contributed by atoms with E-state index in [1.54, 1.807) is 6.20 Å². The number of hydrogen-bond acceptors (Lipinski definition) is 5. The van der Waals surface area contributed by atoms with Gasteiger partial charge in [-0.3, -0.25) is 4.98 Å². The van der Waals surface area contributed by atoms with Crippen molar-refractivity contribution in [1.29, 1.82) is 0 Å². The highest BCUT2D eigenvalue weighted by Crippen LogP contribution is 2.24. The molecular weight excluding hydrogens is 286 g/mol. The van der Waals surface area contributed by atoms with E-state index in [1.807, 2.05) is 31.2 Å². The number of pyridine rings is 1. The van der Waals surface area contributed by atoms with E-state index in [0.29, 0.717) is 6.04 Å². The van der Waals surface area contributed by atoms with Crippen molar-refractivity contribution >= 4 is 28.2 Å². The number of benzene rings is 1. The summed E-state index contributed by atoms with van der Waals surface area (Å²) in [5.41, 5.74) is 1.87. The number of aromatic nitrogens is 3. The van der Waals surface area contributed by atoms with Gasteiger partial charge in [0, 0.05) is 23.7 Å². The Morgan fingerprint density at radius 2 is 1.87 bits per heavy atom. The van der Waals surface area contributed by atoms with Crippen LogP contribution >= 0.6 is 0 Å². The summed E-state index contributed by atoms with van der Waals surface area (Å²) in [4.78, 5) is 13.4. The van der Waals surface area contributed by atoms with E-state index in [0.717, 1.165) is 40.5 Å². The van der Waals surface area contributed by atoms with Crippen LogP contribution < -0.4 is 10.6 Å². The Hall–Kier alpha value is -2.69.